The molecule has 0 aliphatic carbocycles. The van der Waals surface area contributed by atoms with Crippen LogP contribution < -0.4 is 10.1 Å². The second kappa shape index (κ2) is 6.24. The molecule has 1 aromatic carbocycles. The highest BCUT2D eigenvalue weighted by Crippen LogP contribution is 2.22. The standard InChI is InChI=1S/C13H14ClN3O2/c1-19-12-3-2-9(14)6-11(12)13(18)16-5-4-10-7-15-8-17-10/h2-3,6-8H,4-5H2,1H3,(H,15,17)(H,16,18). The zero-order chi connectivity index (χ0) is 13.7. The summed E-state index contributed by atoms with van der Waals surface area (Å²) in [6.07, 6.45) is 4.03. The predicted molar refractivity (Wildman–Crippen MR) is 72.6 cm³/mol. The molecule has 0 aliphatic rings. The number of nitrogens with zero attached hydrogens (tertiary/aromatic N) is 1. The van der Waals surface area contributed by atoms with Gasteiger partial charge in [-0.25, -0.2) is 4.98 Å². The third-order valence-corrected chi connectivity index (χ3v) is 2.88. The van der Waals surface area contributed by atoms with Crippen molar-refractivity contribution in [3.63, 3.8) is 0 Å². The van der Waals surface area contributed by atoms with Crippen molar-refractivity contribution in [2.45, 2.75) is 6.42 Å². The summed E-state index contributed by atoms with van der Waals surface area (Å²) in [5.74, 6) is 0.294. The molecule has 0 bridgehead atoms. The molecule has 0 atom stereocenters. The number of rotatable bonds is 5. The molecule has 6 heteroatoms. The van der Waals surface area contributed by atoms with E-state index >= 15 is 0 Å². The van der Waals surface area contributed by atoms with Gasteiger partial charge in [-0.15, -0.1) is 0 Å². The SMILES string of the molecule is COc1ccc(Cl)cc1C(=O)NCCc1cnc[nH]1. The van der Waals surface area contributed by atoms with Gasteiger partial charge in [-0.1, -0.05) is 11.6 Å². The van der Waals surface area contributed by atoms with Gasteiger partial charge in [-0.2, -0.15) is 0 Å². The van der Waals surface area contributed by atoms with Crippen LogP contribution >= 0.6 is 11.6 Å². The molecule has 1 heterocycles. The van der Waals surface area contributed by atoms with Gasteiger partial charge in [-0.3, -0.25) is 4.79 Å². The van der Waals surface area contributed by atoms with Crippen molar-refractivity contribution in [2.24, 2.45) is 0 Å². The Bertz CT molecular complexity index is 555. The summed E-state index contributed by atoms with van der Waals surface area (Å²) in [7, 11) is 1.52. The number of aromatic amines is 1. The Balaban J connectivity index is 1.97. The van der Waals surface area contributed by atoms with E-state index in [9.17, 15) is 4.79 Å². The van der Waals surface area contributed by atoms with Crippen molar-refractivity contribution in [3.05, 3.63) is 47.0 Å². The van der Waals surface area contributed by atoms with Gasteiger partial charge in [-0.05, 0) is 18.2 Å². The van der Waals surface area contributed by atoms with Gasteiger partial charge in [0.05, 0.1) is 19.0 Å². The van der Waals surface area contributed by atoms with Gasteiger partial charge < -0.3 is 15.0 Å². The number of H-pyrrole nitrogens is 1. The van der Waals surface area contributed by atoms with Gasteiger partial charge in [0, 0.05) is 29.9 Å². The number of imidazole rings is 1. The molecule has 19 heavy (non-hydrogen) atoms. The first kappa shape index (κ1) is 13.4. The number of carbonyl (C=O) groups is 1. The van der Waals surface area contributed by atoms with E-state index in [4.69, 9.17) is 16.3 Å². The van der Waals surface area contributed by atoms with E-state index in [1.807, 2.05) is 0 Å². The summed E-state index contributed by atoms with van der Waals surface area (Å²) in [5.41, 5.74) is 1.40. The molecule has 0 fully saturated rings. The molecule has 0 unspecified atom stereocenters. The largest absolute Gasteiger partial charge is 0.496 e. The van der Waals surface area contributed by atoms with Crippen LogP contribution in [0.2, 0.25) is 5.02 Å². The molecule has 0 aliphatic heterocycles. The molecule has 0 spiro atoms. The van der Waals surface area contributed by atoms with Gasteiger partial charge in [0.15, 0.2) is 0 Å². The Labute approximate surface area is 116 Å². The highest BCUT2D eigenvalue weighted by Gasteiger charge is 2.12. The van der Waals surface area contributed by atoms with E-state index in [1.165, 1.54) is 7.11 Å². The highest BCUT2D eigenvalue weighted by atomic mass is 35.5. The zero-order valence-electron chi connectivity index (χ0n) is 10.4. The predicted octanol–water partition coefficient (Wildman–Crippen LogP) is 2.04. The summed E-state index contributed by atoms with van der Waals surface area (Å²) in [6, 6.07) is 4.94. The van der Waals surface area contributed by atoms with Crippen molar-refractivity contribution in [3.8, 4) is 5.75 Å². The van der Waals surface area contributed by atoms with Crippen LogP contribution in [0.25, 0.3) is 0 Å². The summed E-state index contributed by atoms with van der Waals surface area (Å²) in [5, 5.41) is 3.31. The lowest BCUT2D eigenvalue weighted by Gasteiger charge is -2.09. The van der Waals surface area contributed by atoms with Gasteiger partial charge in [0.25, 0.3) is 5.91 Å². The van der Waals surface area contributed by atoms with Crippen LogP contribution in [0.5, 0.6) is 5.75 Å². The number of ether oxygens (including phenoxy) is 1. The fourth-order valence-electron chi connectivity index (χ4n) is 1.68. The van der Waals surface area contributed by atoms with E-state index < -0.39 is 0 Å². The molecular weight excluding hydrogens is 266 g/mol. The topological polar surface area (TPSA) is 67.0 Å². The van der Waals surface area contributed by atoms with Crippen LogP contribution in [0, 0.1) is 0 Å². The first-order valence-corrected chi connectivity index (χ1v) is 6.17. The zero-order valence-corrected chi connectivity index (χ0v) is 11.2. The van der Waals surface area contributed by atoms with Gasteiger partial charge in [0.2, 0.25) is 0 Å². The highest BCUT2D eigenvalue weighted by molar-refractivity contribution is 6.31. The average molecular weight is 280 g/mol. The maximum atomic E-state index is 12.0. The summed E-state index contributed by atoms with van der Waals surface area (Å²) in [6.45, 7) is 0.511. The van der Waals surface area contributed by atoms with Crippen molar-refractivity contribution in [1.29, 1.82) is 0 Å². The Hall–Kier alpha value is -2.01. The lowest BCUT2D eigenvalue weighted by Crippen LogP contribution is -2.26. The lowest BCUT2D eigenvalue weighted by atomic mass is 10.2. The first-order chi connectivity index (χ1) is 9.20. The fraction of sp³-hybridized carbons (Fsp3) is 0.231. The number of carbonyl (C=O) groups excluding carboxylic acids is 1. The van der Waals surface area contributed by atoms with Crippen LogP contribution in [0.15, 0.2) is 30.7 Å². The number of benzene rings is 1. The maximum absolute atomic E-state index is 12.0. The second-order valence-electron chi connectivity index (χ2n) is 3.93. The van der Waals surface area contributed by atoms with Gasteiger partial charge >= 0.3 is 0 Å². The Kier molecular flexibility index (Phi) is 4.41. The molecule has 0 radical (unpaired) electrons. The maximum Gasteiger partial charge on any atom is 0.255 e. The minimum Gasteiger partial charge on any atom is -0.496 e. The third kappa shape index (κ3) is 3.48. The molecule has 5 nitrogen and oxygen atoms in total. The molecule has 2 aromatic rings. The molecule has 100 valence electrons. The molecule has 1 aromatic heterocycles. The lowest BCUT2D eigenvalue weighted by molar-refractivity contribution is 0.0951. The fourth-order valence-corrected chi connectivity index (χ4v) is 1.86. The van der Waals surface area contributed by atoms with Crippen LogP contribution in [0.1, 0.15) is 16.1 Å². The molecule has 1 amide bonds. The van der Waals surface area contributed by atoms with E-state index in [2.05, 4.69) is 15.3 Å². The monoisotopic (exact) mass is 279 g/mol. The first-order valence-electron chi connectivity index (χ1n) is 5.79. The number of methoxy groups -OCH3 is 1. The van der Waals surface area contributed by atoms with E-state index in [0.29, 0.717) is 29.3 Å². The van der Waals surface area contributed by atoms with Crippen molar-refractivity contribution in [1.82, 2.24) is 15.3 Å². The second-order valence-corrected chi connectivity index (χ2v) is 4.36. The molecular formula is C13H14ClN3O2. The summed E-state index contributed by atoms with van der Waals surface area (Å²) >= 11 is 5.88. The van der Waals surface area contributed by atoms with Crippen LogP contribution in [-0.4, -0.2) is 29.5 Å². The van der Waals surface area contributed by atoms with Crippen molar-refractivity contribution >= 4 is 17.5 Å². The number of halogens is 1. The van der Waals surface area contributed by atoms with Crippen LogP contribution in [0.4, 0.5) is 0 Å². The van der Waals surface area contributed by atoms with E-state index in [1.54, 1.807) is 30.7 Å². The quantitative estimate of drug-likeness (QED) is 0.880. The molecule has 2 rings (SSSR count). The Morgan fingerprint density at radius 3 is 3.05 bits per heavy atom. The smallest absolute Gasteiger partial charge is 0.255 e. The van der Waals surface area contributed by atoms with E-state index in [0.717, 1.165) is 5.69 Å². The van der Waals surface area contributed by atoms with Crippen LogP contribution in [-0.2, 0) is 6.42 Å². The van der Waals surface area contributed by atoms with Crippen molar-refractivity contribution < 1.29 is 9.53 Å². The molecule has 0 saturated carbocycles. The minimum absolute atomic E-state index is 0.209. The number of aromatic nitrogens is 2. The third-order valence-electron chi connectivity index (χ3n) is 2.64. The van der Waals surface area contributed by atoms with E-state index in [-0.39, 0.29) is 5.91 Å². The Morgan fingerprint density at radius 2 is 2.37 bits per heavy atom. The number of hydrogen-bond acceptors (Lipinski definition) is 3. The Morgan fingerprint density at radius 1 is 1.53 bits per heavy atom. The number of hydrogen-bond donors (Lipinski definition) is 2. The van der Waals surface area contributed by atoms with Crippen molar-refractivity contribution in [2.75, 3.05) is 13.7 Å². The summed E-state index contributed by atoms with van der Waals surface area (Å²) in [4.78, 5) is 18.9. The summed E-state index contributed by atoms with van der Waals surface area (Å²) < 4.78 is 5.14. The molecule has 2 N–H and O–H groups in total. The minimum atomic E-state index is -0.209. The number of amides is 1. The van der Waals surface area contributed by atoms with Crippen LogP contribution in [0.3, 0.4) is 0 Å². The normalized spacial score (nSPS) is 10.2. The number of nitrogens with one attached hydrogen (secondary N) is 2. The van der Waals surface area contributed by atoms with Gasteiger partial charge in [0.1, 0.15) is 5.75 Å². The molecule has 0 saturated heterocycles. The average Bonchev–Trinajstić information content (AvgIpc) is 2.91.